The van der Waals surface area contributed by atoms with E-state index < -0.39 is 0 Å². The minimum atomic E-state index is 0. The summed E-state index contributed by atoms with van der Waals surface area (Å²) in [7, 11) is 0. The highest BCUT2D eigenvalue weighted by molar-refractivity contribution is 5.37. The monoisotopic (exact) mass is 271 g/mol. The molecule has 0 aromatic heterocycles. The molecule has 0 amide bonds. The molecule has 1 unspecified atom stereocenters. The Morgan fingerprint density at radius 2 is 1.44 bits per heavy atom. The predicted octanol–water partition coefficient (Wildman–Crippen LogP) is -1.40. The summed E-state index contributed by atoms with van der Waals surface area (Å²) in [5, 5.41) is 0. The Balaban J connectivity index is 0.00000120. The van der Waals surface area contributed by atoms with Crippen LogP contribution in [0.4, 0.5) is 0 Å². The third kappa shape index (κ3) is 3.27. The van der Waals surface area contributed by atoms with Crippen molar-refractivity contribution in [1.82, 2.24) is 0 Å². The van der Waals surface area contributed by atoms with Gasteiger partial charge in [0.2, 0.25) is 0 Å². The van der Waals surface area contributed by atoms with Gasteiger partial charge in [0.25, 0.3) is 0 Å². The van der Waals surface area contributed by atoms with E-state index in [1.165, 1.54) is 77.3 Å². The summed E-state index contributed by atoms with van der Waals surface area (Å²) in [4.78, 5) is 1.80. The van der Waals surface area contributed by atoms with Gasteiger partial charge >= 0.3 is 6.34 Å². The molecule has 2 aliphatic carbocycles. The topological polar surface area (TPSA) is 7.45 Å². The maximum absolute atomic E-state index is 2.70. The minimum Gasteiger partial charge on any atom is -1.00 e. The molecular formula is C15H28ClN2+. The van der Waals surface area contributed by atoms with Crippen LogP contribution in [0.25, 0.3) is 0 Å². The molecule has 18 heavy (non-hydrogen) atoms. The number of halogens is 1. The predicted molar refractivity (Wildman–Crippen MR) is 70.8 cm³/mol. The van der Waals surface area contributed by atoms with E-state index in [-0.39, 0.29) is 12.4 Å². The van der Waals surface area contributed by atoms with Gasteiger partial charge in [-0.15, -0.1) is 0 Å². The zero-order valence-electron chi connectivity index (χ0n) is 11.5. The standard InChI is InChI=1S/C15H27N2.ClH/c1-3-7-14(8-4-1)16-11-12-17(13-16)15-9-5-2-6-10-15;/h13-15H,1-12H2;1H/q+1;. The first kappa shape index (κ1) is 14.3. The van der Waals surface area contributed by atoms with Crippen molar-refractivity contribution in [1.29, 1.82) is 0 Å². The first-order valence-electron chi connectivity index (χ1n) is 7.90. The Kier molecular flexibility index (Phi) is 5.50. The molecular weight excluding hydrogens is 244 g/mol. The van der Waals surface area contributed by atoms with E-state index in [1.54, 1.807) is 4.90 Å². The van der Waals surface area contributed by atoms with Gasteiger partial charge in [-0.2, -0.15) is 4.58 Å². The van der Waals surface area contributed by atoms with E-state index in [4.69, 9.17) is 0 Å². The molecule has 2 fully saturated rings. The van der Waals surface area contributed by atoms with Crippen molar-refractivity contribution in [2.45, 2.75) is 76.3 Å². The molecule has 3 aliphatic rings. The fourth-order valence-corrected chi connectivity index (χ4v) is 4.08. The van der Waals surface area contributed by atoms with Crippen molar-refractivity contribution >= 4 is 6.34 Å². The van der Waals surface area contributed by atoms with Crippen LogP contribution in [-0.2, 0) is 0 Å². The van der Waals surface area contributed by atoms with Crippen LogP contribution in [0.1, 0.15) is 64.2 Å². The van der Waals surface area contributed by atoms with Gasteiger partial charge < -0.3 is 12.4 Å². The van der Waals surface area contributed by atoms with Gasteiger partial charge in [0.05, 0.1) is 6.04 Å². The molecule has 1 heterocycles. The molecule has 0 spiro atoms. The van der Waals surface area contributed by atoms with Crippen LogP contribution in [0.15, 0.2) is 0 Å². The Hall–Kier alpha value is -0.0800. The molecule has 0 bridgehead atoms. The maximum Gasteiger partial charge on any atom is 0.325 e. The lowest BCUT2D eigenvalue weighted by Gasteiger charge is -2.23. The van der Waals surface area contributed by atoms with Gasteiger partial charge in [0, 0.05) is 12.8 Å². The maximum atomic E-state index is 2.70. The molecule has 3 rings (SSSR count). The van der Waals surface area contributed by atoms with Crippen molar-refractivity contribution in [2.75, 3.05) is 13.1 Å². The lowest BCUT2D eigenvalue weighted by Crippen LogP contribution is -3.14. The van der Waals surface area contributed by atoms with Crippen molar-refractivity contribution < 1.29 is 21.9 Å². The van der Waals surface area contributed by atoms with Crippen LogP contribution in [0.3, 0.4) is 0 Å². The second-order valence-corrected chi connectivity index (χ2v) is 6.32. The number of quaternary nitrogens is 1. The zero-order chi connectivity index (χ0) is 11.5. The van der Waals surface area contributed by atoms with Crippen LogP contribution in [0.2, 0.25) is 0 Å². The molecule has 1 atom stereocenters. The molecule has 0 aromatic rings. The summed E-state index contributed by atoms with van der Waals surface area (Å²) in [5.74, 6) is 0. The number of rotatable bonds is 2. The fourth-order valence-electron chi connectivity index (χ4n) is 4.08. The van der Waals surface area contributed by atoms with Gasteiger partial charge in [-0.1, -0.05) is 12.8 Å². The van der Waals surface area contributed by atoms with Crippen LogP contribution < -0.4 is 17.3 Å². The summed E-state index contributed by atoms with van der Waals surface area (Å²) in [6.45, 7) is 2.71. The second kappa shape index (κ2) is 6.91. The van der Waals surface area contributed by atoms with Gasteiger partial charge in [-0.3, -0.25) is 0 Å². The van der Waals surface area contributed by atoms with Gasteiger partial charge in [-0.05, 0) is 38.5 Å². The highest BCUT2D eigenvalue weighted by Crippen LogP contribution is 2.20. The largest absolute Gasteiger partial charge is 1.00 e. The summed E-state index contributed by atoms with van der Waals surface area (Å²) in [5.41, 5.74) is 0. The second-order valence-electron chi connectivity index (χ2n) is 6.32. The minimum absolute atomic E-state index is 0. The van der Waals surface area contributed by atoms with Crippen molar-refractivity contribution in [3.05, 3.63) is 0 Å². The van der Waals surface area contributed by atoms with Crippen molar-refractivity contribution in [2.24, 2.45) is 0 Å². The lowest BCUT2D eigenvalue weighted by molar-refractivity contribution is -0.825. The lowest BCUT2D eigenvalue weighted by atomic mass is 9.94. The fraction of sp³-hybridized carbons (Fsp3) is 0.933. The quantitative estimate of drug-likeness (QED) is 0.591. The Morgan fingerprint density at radius 3 is 2.11 bits per heavy atom. The average Bonchev–Trinajstić information content (AvgIpc) is 2.90. The third-order valence-corrected chi connectivity index (χ3v) is 5.16. The Morgan fingerprint density at radius 1 is 0.833 bits per heavy atom. The molecule has 1 N–H and O–H groups in total. The summed E-state index contributed by atoms with van der Waals surface area (Å²) in [6, 6.07) is 1.85. The number of nitrogens with one attached hydrogen (secondary N) is 1. The molecule has 104 valence electrons. The summed E-state index contributed by atoms with van der Waals surface area (Å²) in [6.07, 6.45) is 17.3. The molecule has 0 aromatic carbocycles. The smallest absolute Gasteiger partial charge is 0.325 e. The van der Waals surface area contributed by atoms with Crippen molar-refractivity contribution in [3.63, 3.8) is 0 Å². The number of hydrogen-bond acceptors (Lipinski definition) is 0. The van der Waals surface area contributed by atoms with Crippen molar-refractivity contribution in [3.8, 4) is 0 Å². The van der Waals surface area contributed by atoms with E-state index in [0.717, 1.165) is 12.1 Å². The Bertz CT molecular complexity index is 278. The molecule has 1 aliphatic heterocycles. The molecule has 0 saturated heterocycles. The summed E-state index contributed by atoms with van der Waals surface area (Å²) < 4.78 is 2.70. The number of nitrogens with zero attached hydrogens (tertiary/aromatic N) is 1. The van der Waals surface area contributed by atoms with E-state index >= 15 is 0 Å². The van der Waals surface area contributed by atoms with Gasteiger partial charge in [-0.25, -0.2) is 4.90 Å². The third-order valence-electron chi connectivity index (χ3n) is 5.16. The molecule has 2 nitrogen and oxygen atoms in total. The highest BCUT2D eigenvalue weighted by atomic mass is 35.5. The van der Waals surface area contributed by atoms with E-state index in [0.29, 0.717) is 0 Å². The van der Waals surface area contributed by atoms with Crippen LogP contribution in [-0.4, -0.2) is 36.1 Å². The SMILES string of the molecule is C1=[N+](C2CCCCC2)CC[NH+]1C1CCCCC1.[Cl-]. The molecule has 2 saturated carbocycles. The average molecular weight is 272 g/mol. The van der Waals surface area contributed by atoms with Gasteiger partial charge in [0.1, 0.15) is 6.54 Å². The first-order chi connectivity index (χ1) is 8.43. The van der Waals surface area contributed by atoms with E-state index in [9.17, 15) is 0 Å². The van der Waals surface area contributed by atoms with Crippen LogP contribution in [0.5, 0.6) is 0 Å². The van der Waals surface area contributed by atoms with Gasteiger partial charge in [0.15, 0.2) is 12.6 Å². The normalized spacial score (nSPS) is 30.9. The zero-order valence-corrected chi connectivity index (χ0v) is 12.3. The number of hydrogen-bond donors (Lipinski definition) is 1. The molecule has 0 radical (unpaired) electrons. The van der Waals surface area contributed by atoms with E-state index in [1.807, 2.05) is 0 Å². The molecule has 3 heteroatoms. The first-order valence-corrected chi connectivity index (χ1v) is 7.90. The highest BCUT2D eigenvalue weighted by Gasteiger charge is 2.35. The summed E-state index contributed by atoms with van der Waals surface area (Å²) >= 11 is 0. The van der Waals surface area contributed by atoms with Crippen LogP contribution in [0, 0.1) is 0 Å². The van der Waals surface area contributed by atoms with Crippen LogP contribution >= 0.6 is 0 Å². The Labute approximate surface area is 118 Å². The van der Waals surface area contributed by atoms with E-state index in [2.05, 4.69) is 10.9 Å².